The lowest BCUT2D eigenvalue weighted by atomic mass is 10.1. The van der Waals surface area contributed by atoms with E-state index in [0.29, 0.717) is 17.9 Å². The number of aliphatic hydroxyl groups excluding tert-OH is 1. The number of rotatable bonds is 5. The van der Waals surface area contributed by atoms with Crippen LogP contribution in [-0.4, -0.2) is 19.3 Å². The van der Waals surface area contributed by atoms with Gasteiger partial charge in [-0.2, -0.15) is 0 Å². The first-order valence-electron chi connectivity index (χ1n) is 4.73. The highest BCUT2D eigenvalue weighted by Crippen LogP contribution is 2.30. The van der Waals surface area contributed by atoms with E-state index in [1.807, 2.05) is 0 Å². The first kappa shape index (κ1) is 11.6. The van der Waals surface area contributed by atoms with E-state index >= 15 is 0 Å². The third kappa shape index (κ3) is 2.73. The molecule has 0 aromatic heterocycles. The molecule has 1 atom stereocenters. The van der Waals surface area contributed by atoms with Crippen molar-refractivity contribution in [3.05, 3.63) is 36.4 Å². The molecule has 0 saturated carbocycles. The van der Waals surface area contributed by atoms with Gasteiger partial charge in [0.15, 0.2) is 0 Å². The summed E-state index contributed by atoms with van der Waals surface area (Å²) in [5.41, 5.74) is 0.748. The number of aliphatic hydroxyl groups is 1. The molecule has 0 amide bonds. The van der Waals surface area contributed by atoms with E-state index in [2.05, 4.69) is 6.58 Å². The smallest absolute Gasteiger partial charge is 0.128 e. The summed E-state index contributed by atoms with van der Waals surface area (Å²) in [6, 6.07) is 5.34. The second-order valence-corrected chi connectivity index (χ2v) is 3.15. The van der Waals surface area contributed by atoms with Crippen LogP contribution in [0.2, 0.25) is 0 Å². The number of benzene rings is 1. The Morgan fingerprint density at radius 2 is 2.13 bits per heavy atom. The van der Waals surface area contributed by atoms with Gasteiger partial charge in [-0.1, -0.05) is 6.08 Å². The molecule has 0 bridgehead atoms. The van der Waals surface area contributed by atoms with E-state index in [9.17, 15) is 5.11 Å². The Morgan fingerprint density at radius 3 is 2.67 bits per heavy atom. The molecule has 1 aromatic rings. The third-order valence-electron chi connectivity index (χ3n) is 2.19. The van der Waals surface area contributed by atoms with Gasteiger partial charge in [-0.25, -0.2) is 0 Å². The molecular weight excluding hydrogens is 192 g/mol. The zero-order chi connectivity index (χ0) is 11.3. The van der Waals surface area contributed by atoms with E-state index in [-0.39, 0.29) is 0 Å². The van der Waals surface area contributed by atoms with Gasteiger partial charge in [-0.05, 0) is 18.6 Å². The normalized spacial score (nSPS) is 11.9. The Labute approximate surface area is 90.0 Å². The maximum absolute atomic E-state index is 9.80. The molecule has 15 heavy (non-hydrogen) atoms. The van der Waals surface area contributed by atoms with Crippen LogP contribution in [0.15, 0.2) is 30.9 Å². The van der Waals surface area contributed by atoms with Gasteiger partial charge in [0.2, 0.25) is 0 Å². The lowest BCUT2D eigenvalue weighted by Crippen LogP contribution is -2.00. The Hall–Kier alpha value is -1.48. The summed E-state index contributed by atoms with van der Waals surface area (Å²) >= 11 is 0. The molecule has 0 aliphatic carbocycles. The van der Waals surface area contributed by atoms with Crippen LogP contribution in [0, 0.1) is 0 Å². The maximum atomic E-state index is 9.80. The van der Waals surface area contributed by atoms with Gasteiger partial charge >= 0.3 is 0 Å². The molecule has 0 saturated heterocycles. The zero-order valence-corrected chi connectivity index (χ0v) is 9.06. The fourth-order valence-corrected chi connectivity index (χ4v) is 1.38. The summed E-state index contributed by atoms with van der Waals surface area (Å²) in [7, 11) is 3.16. The zero-order valence-electron chi connectivity index (χ0n) is 9.06. The predicted octanol–water partition coefficient (Wildman–Crippen LogP) is 2.31. The van der Waals surface area contributed by atoms with Crippen molar-refractivity contribution in [3.8, 4) is 11.5 Å². The van der Waals surface area contributed by atoms with Crippen molar-refractivity contribution in [3.63, 3.8) is 0 Å². The van der Waals surface area contributed by atoms with Crippen LogP contribution in [0.1, 0.15) is 18.1 Å². The number of methoxy groups -OCH3 is 2. The SMILES string of the molecule is C=CC[C@H](O)c1ccc(OC)cc1OC. The predicted molar refractivity (Wildman–Crippen MR) is 59.3 cm³/mol. The van der Waals surface area contributed by atoms with Crippen LogP contribution in [0.5, 0.6) is 11.5 Å². The highest BCUT2D eigenvalue weighted by atomic mass is 16.5. The first-order valence-corrected chi connectivity index (χ1v) is 4.73. The molecule has 0 fully saturated rings. The third-order valence-corrected chi connectivity index (χ3v) is 2.19. The fraction of sp³-hybridized carbons (Fsp3) is 0.333. The summed E-state index contributed by atoms with van der Waals surface area (Å²) in [5.74, 6) is 1.34. The van der Waals surface area contributed by atoms with E-state index in [1.54, 1.807) is 38.5 Å². The van der Waals surface area contributed by atoms with Gasteiger partial charge in [0, 0.05) is 11.6 Å². The summed E-state index contributed by atoms with van der Waals surface area (Å²) in [5, 5.41) is 9.80. The molecule has 3 heteroatoms. The van der Waals surface area contributed by atoms with E-state index in [0.717, 1.165) is 5.56 Å². The van der Waals surface area contributed by atoms with Gasteiger partial charge in [0.25, 0.3) is 0 Å². The van der Waals surface area contributed by atoms with E-state index in [1.165, 1.54) is 0 Å². The highest BCUT2D eigenvalue weighted by Gasteiger charge is 2.12. The summed E-state index contributed by atoms with van der Waals surface area (Å²) in [6.45, 7) is 3.59. The Morgan fingerprint density at radius 1 is 1.40 bits per heavy atom. The summed E-state index contributed by atoms with van der Waals surface area (Å²) in [6.07, 6.45) is 1.60. The molecule has 0 spiro atoms. The Kier molecular flexibility index (Phi) is 4.18. The Balaban J connectivity index is 3.01. The minimum Gasteiger partial charge on any atom is -0.497 e. The summed E-state index contributed by atoms with van der Waals surface area (Å²) in [4.78, 5) is 0. The van der Waals surface area contributed by atoms with Crippen LogP contribution in [0.3, 0.4) is 0 Å². The minimum absolute atomic E-state index is 0.503. The molecule has 0 heterocycles. The molecule has 82 valence electrons. The molecule has 0 radical (unpaired) electrons. The van der Waals surface area contributed by atoms with Gasteiger partial charge in [0.1, 0.15) is 11.5 Å². The Bertz CT molecular complexity index is 334. The minimum atomic E-state index is -0.580. The largest absolute Gasteiger partial charge is 0.497 e. The quantitative estimate of drug-likeness (QED) is 0.755. The van der Waals surface area contributed by atoms with Gasteiger partial charge in [-0.3, -0.25) is 0 Å². The van der Waals surface area contributed by atoms with Crippen molar-refractivity contribution >= 4 is 0 Å². The van der Waals surface area contributed by atoms with Gasteiger partial charge < -0.3 is 14.6 Å². The fourth-order valence-electron chi connectivity index (χ4n) is 1.38. The van der Waals surface area contributed by atoms with Crippen molar-refractivity contribution in [1.29, 1.82) is 0 Å². The van der Waals surface area contributed by atoms with Crippen molar-refractivity contribution in [2.45, 2.75) is 12.5 Å². The molecule has 0 aliphatic rings. The molecule has 3 nitrogen and oxygen atoms in total. The van der Waals surface area contributed by atoms with E-state index in [4.69, 9.17) is 9.47 Å². The summed E-state index contributed by atoms with van der Waals surface area (Å²) < 4.78 is 10.3. The average Bonchev–Trinajstić information content (AvgIpc) is 2.28. The molecule has 0 unspecified atom stereocenters. The highest BCUT2D eigenvalue weighted by molar-refractivity contribution is 5.42. The van der Waals surface area contributed by atoms with E-state index < -0.39 is 6.10 Å². The lowest BCUT2D eigenvalue weighted by molar-refractivity contribution is 0.177. The van der Waals surface area contributed by atoms with Crippen molar-refractivity contribution in [2.75, 3.05) is 14.2 Å². The topological polar surface area (TPSA) is 38.7 Å². The number of hydrogen-bond donors (Lipinski definition) is 1. The number of hydrogen-bond acceptors (Lipinski definition) is 3. The number of ether oxygens (including phenoxy) is 2. The van der Waals surface area contributed by atoms with Crippen LogP contribution in [-0.2, 0) is 0 Å². The van der Waals surface area contributed by atoms with Crippen LogP contribution >= 0.6 is 0 Å². The van der Waals surface area contributed by atoms with Crippen molar-refractivity contribution < 1.29 is 14.6 Å². The molecule has 1 N–H and O–H groups in total. The second-order valence-electron chi connectivity index (χ2n) is 3.15. The molecule has 1 rings (SSSR count). The molecular formula is C12H16O3. The van der Waals surface area contributed by atoms with Crippen LogP contribution in [0.25, 0.3) is 0 Å². The lowest BCUT2D eigenvalue weighted by Gasteiger charge is -2.14. The van der Waals surface area contributed by atoms with Crippen LogP contribution in [0.4, 0.5) is 0 Å². The monoisotopic (exact) mass is 208 g/mol. The molecule has 0 aliphatic heterocycles. The van der Waals surface area contributed by atoms with Gasteiger partial charge in [-0.15, -0.1) is 6.58 Å². The van der Waals surface area contributed by atoms with Crippen molar-refractivity contribution in [1.82, 2.24) is 0 Å². The second kappa shape index (κ2) is 5.41. The standard InChI is InChI=1S/C12H16O3/c1-4-5-11(13)10-7-6-9(14-2)8-12(10)15-3/h4,6-8,11,13H,1,5H2,2-3H3/t11-/m0/s1. The average molecular weight is 208 g/mol. The van der Waals surface area contributed by atoms with Crippen LogP contribution < -0.4 is 9.47 Å². The van der Waals surface area contributed by atoms with Gasteiger partial charge in [0.05, 0.1) is 20.3 Å². The molecule has 1 aromatic carbocycles. The van der Waals surface area contributed by atoms with Crippen molar-refractivity contribution in [2.24, 2.45) is 0 Å². The maximum Gasteiger partial charge on any atom is 0.128 e. The first-order chi connectivity index (χ1) is 7.22.